The van der Waals surface area contributed by atoms with Crippen LogP contribution in [-0.2, 0) is 16.0 Å². The van der Waals surface area contributed by atoms with Crippen LogP contribution in [0.1, 0.15) is 5.56 Å². The molecule has 7 heteroatoms. The molecule has 0 spiro atoms. The Morgan fingerprint density at radius 3 is 2.55 bits per heavy atom. The van der Waals surface area contributed by atoms with E-state index in [-0.39, 0.29) is 13.2 Å². The molecule has 0 saturated heterocycles. The Kier molecular flexibility index (Phi) is 8.88. The predicted octanol–water partition coefficient (Wildman–Crippen LogP) is 4.76. The number of rotatable bonds is 11. The van der Waals surface area contributed by atoms with E-state index in [4.69, 9.17) is 21.1 Å². The van der Waals surface area contributed by atoms with Crippen molar-refractivity contribution < 1.29 is 24.1 Å². The van der Waals surface area contributed by atoms with Crippen molar-refractivity contribution in [3.63, 3.8) is 0 Å². The first-order chi connectivity index (χ1) is 15.1. The zero-order valence-electron chi connectivity index (χ0n) is 17.3. The summed E-state index contributed by atoms with van der Waals surface area (Å²) < 4.78 is 15.8. The Bertz CT molecular complexity index is 993. The van der Waals surface area contributed by atoms with E-state index in [9.17, 15) is 9.90 Å². The lowest BCUT2D eigenvalue weighted by Crippen LogP contribution is -2.20. The molecule has 0 aliphatic rings. The fourth-order valence-corrected chi connectivity index (χ4v) is 4.08. The zero-order chi connectivity index (χ0) is 22.1. The van der Waals surface area contributed by atoms with Crippen molar-refractivity contribution in [2.75, 3.05) is 31.8 Å². The number of aliphatic hydroxyl groups is 1. The van der Waals surface area contributed by atoms with Crippen molar-refractivity contribution >= 4 is 40.1 Å². The lowest BCUT2D eigenvalue weighted by molar-refractivity contribution is -0.142. The van der Waals surface area contributed by atoms with Gasteiger partial charge in [-0.05, 0) is 53.5 Å². The highest BCUT2D eigenvalue weighted by molar-refractivity contribution is 7.99. The van der Waals surface area contributed by atoms with Gasteiger partial charge in [0, 0.05) is 16.2 Å². The van der Waals surface area contributed by atoms with Gasteiger partial charge in [-0.3, -0.25) is 0 Å². The zero-order valence-corrected chi connectivity index (χ0v) is 18.8. The van der Waals surface area contributed by atoms with E-state index in [0.29, 0.717) is 22.3 Å². The number of halogens is 1. The molecule has 5 nitrogen and oxygen atoms in total. The Labute approximate surface area is 191 Å². The molecular formula is C24H25ClO5S. The van der Waals surface area contributed by atoms with Crippen molar-refractivity contribution in [3.8, 4) is 11.5 Å². The smallest absolute Gasteiger partial charge is 0.343 e. The summed E-state index contributed by atoms with van der Waals surface area (Å²) in [6, 6.07) is 19.0. The Hall–Kier alpha value is -2.41. The van der Waals surface area contributed by atoms with Crippen LogP contribution in [0.4, 0.5) is 0 Å². The normalized spacial score (nSPS) is 11.8. The van der Waals surface area contributed by atoms with Crippen LogP contribution in [0.2, 0.25) is 5.02 Å². The van der Waals surface area contributed by atoms with E-state index in [2.05, 4.69) is 16.9 Å². The summed E-state index contributed by atoms with van der Waals surface area (Å²) in [4.78, 5) is 11.4. The second-order valence-corrected chi connectivity index (χ2v) is 8.46. The first kappa shape index (κ1) is 23.3. The molecule has 0 bridgehead atoms. The molecule has 0 aliphatic carbocycles. The lowest BCUT2D eigenvalue weighted by atomic mass is 10.0. The van der Waals surface area contributed by atoms with Gasteiger partial charge in [0.15, 0.2) is 6.61 Å². The van der Waals surface area contributed by atoms with Crippen LogP contribution in [0.3, 0.4) is 0 Å². The maximum atomic E-state index is 11.4. The summed E-state index contributed by atoms with van der Waals surface area (Å²) in [7, 11) is 1.34. The third kappa shape index (κ3) is 7.06. The van der Waals surface area contributed by atoms with E-state index in [1.165, 1.54) is 12.7 Å². The number of aliphatic hydroxyl groups excluding tert-OH is 1. The van der Waals surface area contributed by atoms with E-state index >= 15 is 0 Å². The van der Waals surface area contributed by atoms with Crippen LogP contribution in [0, 0.1) is 0 Å². The summed E-state index contributed by atoms with van der Waals surface area (Å²) in [5.41, 5.74) is 1.19. The quantitative estimate of drug-likeness (QED) is 0.329. The first-order valence-corrected chi connectivity index (χ1v) is 11.4. The van der Waals surface area contributed by atoms with Gasteiger partial charge in [-0.1, -0.05) is 41.9 Å². The van der Waals surface area contributed by atoms with Gasteiger partial charge in [-0.2, -0.15) is 11.8 Å². The number of carbonyl (C=O) groups is 1. The second kappa shape index (κ2) is 11.8. The van der Waals surface area contributed by atoms with Gasteiger partial charge in [0.2, 0.25) is 0 Å². The molecule has 1 atom stereocenters. The number of fused-ring (bicyclic) bond motifs is 1. The standard InChI is InChI=1S/C24H25ClO5S/c1-28-24(27)15-30-23-7-3-5-21-17(4-2-6-22(21)23)12-13-31-16-19(26)14-29-20-10-8-18(25)9-11-20/h2-11,19,26H,12-16H2,1H3. The monoisotopic (exact) mass is 460 g/mol. The fraction of sp³-hybridized carbons (Fsp3) is 0.292. The topological polar surface area (TPSA) is 65.0 Å². The third-order valence-corrected chi connectivity index (χ3v) is 5.99. The molecule has 3 aromatic carbocycles. The predicted molar refractivity (Wildman–Crippen MR) is 125 cm³/mol. The summed E-state index contributed by atoms with van der Waals surface area (Å²) in [5.74, 6) is 2.39. The van der Waals surface area contributed by atoms with E-state index in [0.717, 1.165) is 22.9 Å². The molecule has 164 valence electrons. The second-order valence-electron chi connectivity index (χ2n) is 6.88. The van der Waals surface area contributed by atoms with Crippen molar-refractivity contribution in [3.05, 3.63) is 71.2 Å². The number of benzene rings is 3. The van der Waals surface area contributed by atoms with Gasteiger partial charge >= 0.3 is 5.97 Å². The first-order valence-electron chi connectivity index (χ1n) is 9.91. The van der Waals surface area contributed by atoms with Crippen LogP contribution in [-0.4, -0.2) is 49.0 Å². The minimum Gasteiger partial charge on any atom is -0.491 e. The van der Waals surface area contributed by atoms with Gasteiger partial charge in [0.1, 0.15) is 18.1 Å². The highest BCUT2D eigenvalue weighted by atomic mass is 35.5. The molecule has 0 saturated carbocycles. The number of esters is 1. The Balaban J connectivity index is 1.49. The maximum absolute atomic E-state index is 11.4. The van der Waals surface area contributed by atoms with Crippen LogP contribution < -0.4 is 9.47 Å². The lowest BCUT2D eigenvalue weighted by Gasteiger charge is -2.13. The van der Waals surface area contributed by atoms with Crippen LogP contribution >= 0.6 is 23.4 Å². The largest absolute Gasteiger partial charge is 0.491 e. The molecule has 1 unspecified atom stereocenters. The number of hydrogen-bond donors (Lipinski definition) is 1. The van der Waals surface area contributed by atoms with Crippen molar-refractivity contribution in [2.24, 2.45) is 0 Å². The average Bonchev–Trinajstić information content (AvgIpc) is 2.79. The molecule has 3 rings (SSSR count). The molecule has 0 radical (unpaired) electrons. The molecule has 0 fully saturated rings. The van der Waals surface area contributed by atoms with Gasteiger partial charge < -0.3 is 19.3 Å². The number of methoxy groups -OCH3 is 1. The Morgan fingerprint density at radius 2 is 1.77 bits per heavy atom. The average molecular weight is 461 g/mol. The maximum Gasteiger partial charge on any atom is 0.343 e. The van der Waals surface area contributed by atoms with Gasteiger partial charge in [0.05, 0.1) is 13.2 Å². The van der Waals surface area contributed by atoms with Crippen molar-refractivity contribution in [1.82, 2.24) is 0 Å². The van der Waals surface area contributed by atoms with Crippen molar-refractivity contribution in [2.45, 2.75) is 12.5 Å². The van der Waals surface area contributed by atoms with Gasteiger partial charge in [0.25, 0.3) is 0 Å². The van der Waals surface area contributed by atoms with E-state index in [1.54, 1.807) is 36.0 Å². The summed E-state index contributed by atoms with van der Waals surface area (Å²) in [6.45, 7) is 0.121. The summed E-state index contributed by atoms with van der Waals surface area (Å²) in [6.07, 6.45) is 0.305. The summed E-state index contributed by atoms with van der Waals surface area (Å²) >= 11 is 7.53. The molecule has 0 amide bonds. The molecule has 0 aromatic heterocycles. The number of aryl methyl sites for hydroxylation is 1. The van der Waals surface area contributed by atoms with E-state index < -0.39 is 12.1 Å². The van der Waals surface area contributed by atoms with Gasteiger partial charge in [-0.25, -0.2) is 4.79 Å². The number of thioether (sulfide) groups is 1. The van der Waals surface area contributed by atoms with E-state index in [1.807, 2.05) is 24.3 Å². The van der Waals surface area contributed by atoms with Crippen LogP contribution in [0.5, 0.6) is 11.5 Å². The molecule has 0 aliphatic heterocycles. The summed E-state index contributed by atoms with van der Waals surface area (Å²) in [5, 5.41) is 12.9. The fourth-order valence-electron chi connectivity index (χ4n) is 3.06. The van der Waals surface area contributed by atoms with Gasteiger partial charge in [-0.15, -0.1) is 0 Å². The number of ether oxygens (including phenoxy) is 3. The molecule has 3 aromatic rings. The highest BCUT2D eigenvalue weighted by Gasteiger charge is 2.10. The molecule has 1 N–H and O–H groups in total. The number of hydrogen-bond acceptors (Lipinski definition) is 6. The third-order valence-electron chi connectivity index (χ3n) is 4.63. The minimum absolute atomic E-state index is 0.119. The Morgan fingerprint density at radius 1 is 1.03 bits per heavy atom. The highest BCUT2D eigenvalue weighted by Crippen LogP contribution is 2.29. The minimum atomic E-state index is -0.550. The molecular weight excluding hydrogens is 436 g/mol. The molecule has 0 heterocycles. The number of carbonyl (C=O) groups excluding carboxylic acids is 1. The molecule has 31 heavy (non-hydrogen) atoms. The SMILES string of the molecule is COC(=O)COc1cccc2c(CCSCC(O)COc3ccc(Cl)cc3)cccc12. The van der Waals surface area contributed by atoms with Crippen LogP contribution in [0.25, 0.3) is 10.8 Å². The van der Waals surface area contributed by atoms with Crippen molar-refractivity contribution in [1.29, 1.82) is 0 Å². The van der Waals surface area contributed by atoms with Crippen LogP contribution in [0.15, 0.2) is 60.7 Å².